The van der Waals surface area contributed by atoms with Crippen LogP contribution in [0.25, 0.3) is 0 Å². The molecule has 22 heavy (non-hydrogen) atoms. The molecule has 1 atom stereocenters. The molecule has 0 heterocycles. The number of amides is 2. The van der Waals surface area contributed by atoms with Crippen molar-refractivity contribution >= 4 is 11.7 Å². The van der Waals surface area contributed by atoms with E-state index in [0.29, 0.717) is 0 Å². The number of anilines is 1. The maximum atomic E-state index is 12.1. The highest BCUT2D eigenvalue weighted by Gasteiger charge is 2.13. The second-order valence-corrected chi connectivity index (χ2v) is 6.56. The van der Waals surface area contributed by atoms with E-state index < -0.39 is 0 Å². The normalized spacial score (nSPS) is 12.5. The molecule has 2 aromatic rings. The summed E-state index contributed by atoms with van der Waals surface area (Å²) >= 11 is 0. The van der Waals surface area contributed by atoms with Crippen LogP contribution in [-0.2, 0) is 5.41 Å². The molecule has 0 unspecified atom stereocenters. The Labute approximate surface area is 132 Å². The predicted molar refractivity (Wildman–Crippen MR) is 92.2 cm³/mol. The summed E-state index contributed by atoms with van der Waals surface area (Å²) < 4.78 is 0. The van der Waals surface area contributed by atoms with Crippen molar-refractivity contribution in [3.63, 3.8) is 0 Å². The van der Waals surface area contributed by atoms with E-state index in [0.717, 1.165) is 11.3 Å². The number of nitrogens with one attached hydrogen (secondary N) is 2. The van der Waals surface area contributed by atoms with E-state index in [-0.39, 0.29) is 17.5 Å². The van der Waals surface area contributed by atoms with Gasteiger partial charge in [0.15, 0.2) is 0 Å². The topological polar surface area (TPSA) is 41.1 Å². The molecule has 0 spiro atoms. The van der Waals surface area contributed by atoms with Gasteiger partial charge in [-0.15, -0.1) is 0 Å². The molecule has 0 aliphatic heterocycles. The van der Waals surface area contributed by atoms with Crippen LogP contribution in [-0.4, -0.2) is 6.03 Å². The number of carbonyl (C=O) groups excluding carboxylic acids is 1. The van der Waals surface area contributed by atoms with E-state index in [1.165, 1.54) is 5.56 Å². The number of rotatable bonds is 3. The lowest BCUT2D eigenvalue weighted by atomic mass is 9.87. The van der Waals surface area contributed by atoms with Gasteiger partial charge in [0.25, 0.3) is 0 Å². The molecular formula is C19H24N2O. The Balaban J connectivity index is 1.95. The van der Waals surface area contributed by atoms with Crippen LogP contribution in [0.15, 0.2) is 54.6 Å². The minimum atomic E-state index is -0.195. The number of carbonyl (C=O) groups is 1. The van der Waals surface area contributed by atoms with Crippen LogP contribution >= 0.6 is 0 Å². The van der Waals surface area contributed by atoms with Crippen LogP contribution in [0.1, 0.15) is 44.9 Å². The third-order valence-corrected chi connectivity index (χ3v) is 3.66. The van der Waals surface area contributed by atoms with Crippen molar-refractivity contribution in [1.82, 2.24) is 5.32 Å². The molecule has 0 bridgehead atoms. The molecule has 0 fully saturated rings. The SMILES string of the molecule is C[C@@H](NC(=O)Nc1ccc(C(C)(C)C)cc1)c1ccccc1. The number of benzene rings is 2. The van der Waals surface area contributed by atoms with Gasteiger partial charge in [-0.2, -0.15) is 0 Å². The lowest BCUT2D eigenvalue weighted by Crippen LogP contribution is -2.31. The van der Waals surface area contributed by atoms with Crippen molar-refractivity contribution in [2.24, 2.45) is 0 Å². The van der Waals surface area contributed by atoms with Crippen LogP contribution < -0.4 is 10.6 Å². The highest BCUT2D eigenvalue weighted by molar-refractivity contribution is 5.89. The van der Waals surface area contributed by atoms with Gasteiger partial charge in [-0.1, -0.05) is 63.2 Å². The highest BCUT2D eigenvalue weighted by atomic mass is 16.2. The largest absolute Gasteiger partial charge is 0.331 e. The van der Waals surface area contributed by atoms with Crippen molar-refractivity contribution in [3.8, 4) is 0 Å². The molecule has 2 N–H and O–H groups in total. The fourth-order valence-electron chi connectivity index (χ4n) is 2.24. The molecule has 0 saturated carbocycles. The molecule has 0 aromatic heterocycles. The Morgan fingerprint density at radius 3 is 2.09 bits per heavy atom. The molecule has 0 saturated heterocycles. The summed E-state index contributed by atoms with van der Waals surface area (Å²) in [6, 6.07) is 17.7. The Morgan fingerprint density at radius 1 is 0.955 bits per heavy atom. The maximum Gasteiger partial charge on any atom is 0.319 e. The molecule has 0 radical (unpaired) electrons. The summed E-state index contributed by atoms with van der Waals surface area (Å²) in [6.45, 7) is 8.48. The smallest absolute Gasteiger partial charge is 0.319 e. The molecule has 2 amide bonds. The average molecular weight is 296 g/mol. The van der Waals surface area contributed by atoms with E-state index >= 15 is 0 Å². The van der Waals surface area contributed by atoms with Crippen LogP contribution in [0.3, 0.4) is 0 Å². The van der Waals surface area contributed by atoms with Gasteiger partial charge in [-0.25, -0.2) is 4.79 Å². The Morgan fingerprint density at radius 2 is 1.55 bits per heavy atom. The first-order chi connectivity index (χ1) is 10.4. The zero-order valence-electron chi connectivity index (χ0n) is 13.7. The zero-order chi connectivity index (χ0) is 16.2. The summed E-state index contributed by atoms with van der Waals surface area (Å²) in [5.74, 6) is 0. The van der Waals surface area contributed by atoms with Crippen LogP contribution in [0.2, 0.25) is 0 Å². The van der Waals surface area contributed by atoms with Crippen molar-refractivity contribution < 1.29 is 4.79 Å². The average Bonchev–Trinajstić information content (AvgIpc) is 2.47. The monoisotopic (exact) mass is 296 g/mol. The van der Waals surface area contributed by atoms with E-state index in [4.69, 9.17) is 0 Å². The highest BCUT2D eigenvalue weighted by Crippen LogP contribution is 2.23. The lowest BCUT2D eigenvalue weighted by Gasteiger charge is -2.19. The molecule has 2 aromatic carbocycles. The van der Waals surface area contributed by atoms with Gasteiger partial charge in [-0.3, -0.25) is 0 Å². The Hall–Kier alpha value is -2.29. The number of hydrogen-bond donors (Lipinski definition) is 2. The first-order valence-corrected chi connectivity index (χ1v) is 7.59. The van der Waals surface area contributed by atoms with Crippen LogP contribution in [0.5, 0.6) is 0 Å². The maximum absolute atomic E-state index is 12.1. The van der Waals surface area contributed by atoms with Crippen molar-refractivity contribution in [2.45, 2.75) is 39.2 Å². The lowest BCUT2D eigenvalue weighted by molar-refractivity contribution is 0.249. The van der Waals surface area contributed by atoms with Crippen molar-refractivity contribution in [1.29, 1.82) is 0 Å². The van der Waals surface area contributed by atoms with E-state index in [1.54, 1.807) is 0 Å². The fourth-order valence-corrected chi connectivity index (χ4v) is 2.24. The minimum absolute atomic E-state index is 0.0324. The van der Waals surface area contributed by atoms with Crippen molar-refractivity contribution in [3.05, 3.63) is 65.7 Å². The molecule has 116 valence electrons. The molecule has 0 aliphatic rings. The molecule has 3 nitrogen and oxygen atoms in total. The fraction of sp³-hybridized carbons (Fsp3) is 0.316. The summed E-state index contributed by atoms with van der Waals surface area (Å²) in [4.78, 5) is 12.1. The van der Waals surface area contributed by atoms with Gasteiger partial charge in [0.1, 0.15) is 0 Å². The van der Waals surface area contributed by atoms with Gasteiger partial charge in [-0.05, 0) is 35.6 Å². The van der Waals surface area contributed by atoms with Gasteiger partial charge in [0.2, 0.25) is 0 Å². The predicted octanol–water partition coefficient (Wildman–Crippen LogP) is 4.87. The summed E-state index contributed by atoms with van der Waals surface area (Å²) in [5.41, 5.74) is 3.24. The van der Waals surface area contributed by atoms with Gasteiger partial charge in [0.05, 0.1) is 6.04 Å². The van der Waals surface area contributed by atoms with Crippen LogP contribution in [0.4, 0.5) is 10.5 Å². The summed E-state index contributed by atoms with van der Waals surface area (Å²) in [7, 11) is 0. The number of urea groups is 1. The zero-order valence-corrected chi connectivity index (χ0v) is 13.7. The van der Waals surface area contributed by atoms with Crippen molar-refractivity contribution in [2.75, 3.05) is 5.32 Å². The molecule has 0 aliphatic carbocycles. The minimum Gasteiger partial charge on any atom is -0.331 e. The van der Waals surface area contributed by atoms with E-state index in [2.05, 4.69) is 43.5 Å². The third-order valence-electron chi connectivity index (χ3n) is 3.66. The second kappa shape index (κ2) is 6.65. The second-order valence-electron chi connectivity index (χ2n) is 6.56. The van der Waals surface area contributed by atoms with E-state index in [9.17, 15) is 4.79 Å². The van der Waals surface area contributed by atoms with Gasteiger partial charge in [0, 0.05) is 5.69 Å². The first-order valence-electron chi connectivity index (χ1n) is 7.59. The Bertz CT molecular complexity index is 612. The molecular weight excluding hydrogens is 272 g/mol. The molecule has 2 rings (SSSR count). The van der Waals surface area contributed by atoms with E-state index in [1.807, 2.05) is 49.4 Å². The summed E-state index contributed by atoms with van der Waals surface area (Å²) in [5, 5.41) is 5.81. The quantitative estimate of drug-likeness (QED) is 0.833. The van der Waals surface area contributed by atoms with Gasteiger partial charge >= 0.3 is 6.03 Å². The molecule has 3 heteroatoms. The summed E-state index contributed by atoms with van der Waals surface area (Å²) in [6.07, 6.45) is 0. The first kappa shape index (κ1) is 16.1. The number of hydrogen-bond acceptors (Lipinski definition) is 1. The standard InChI is InChI=1S/C19H24N2O/c1-14(15-8-6-5-7-9-15)20-18(22)21-17-12-10-16(11-13-17)19(2,3)4/h5-14H,1-4H3,(H2,20,21,22)/t14-/m1/s1. The van der Waals surface area contributed by atoms with Crippen LogP contribution in [0, 0.1) is 0 Å². The third kappa shape index (κ3) is 4.35. The van der Waals surface area contributed by atoms with Gasteiger partial charge < -0.3 is 10.6 Å². The Kier molecular flexibility index (Phi) is 4.86.